The second kappa shape index (κ2) is 7.22. The monoisotopic (exact) mass is 345 g/mol. The molecule has 1 heterocycles. The Morgan fingerprint density at radius 3 is 2.61 bits per heavy atom. The third-order valence-electron chi connectivity index (χ3n) is 3.82. The third kappa shape index (κ3) is 4.38. The minimum absolute atomic E-state index is 0.122. The summed E-state index contributed by atoms with van der Waals surface area (Å²) >= 11 is 0. The minimum atomic E-state index is -3.22. The highest BCUT2D eigenvalue weighted by Crippen LogP contribution is 2.27. The van der Waals surface area contributed by atoms with Gasteiger partial charge in [-0.2, -0.15) is 0 Å². The van der Waals surface area contributed by atoms with Gasteiger partial charge in [-0.25, -0.2) is 17.1 Å². The number of rotatable bonds is 6. The molecule has 0 aromatic heterocycles. The molecule has 23 heavy (non-hydrogen) atoms. The fourth-order valence-electron chi connectivity index (χ4n) is 2.67. The number of nitro benzene ring substituents is 1. The molecule has 1 aliphatic heterocycles. The summed E-state index contributed by atoms with van der Waals surface area (Å²) in [6.45, 7) is 2.54. The summed E-state index contributed by atoms with van der Waals surface area (Å²) in [6.07, 6.45) is 1.61. The van der Waals surface area contributed by atoms with Gasteiger partial charge in [0.15, 0.2) is 0 Å². The van der Waals surface area contributed by atoms with Crippen molar-refractivity contribution in [2.24, 2.45) is 0 Å². The Kier molecular flexibility index (Phi) is 5.53. The quantitative estimate of drug-likeness (QED) is 0.631. The Labute approximate surface area is 134 Å². The van der Waals surface area contributed by atoms with Gasteiger partial charge in [0.1, 0.15) is 11.5 Å². The van der Waals surface area contributed by atoms with Gasteiger partial charge in [-0.3, -0.25) is 10.1 Å². The van der Waals surface area contributed by atoms with Crippen LogP contribution in [0.15, 0.2) is 18.2 Å². The number of nitrogens with one attached hydrogen (secondary N) is 1. The van der Waals surface area contributed by atoms with Gasteiger partial charge in [0.2, 0.25) is 10.0 Å². The highest BCUT2D eigenvalue weighted by atomic mass is 32.2. The van der Waals surface area contributed by atoms with E-state index >= 15 is 0 Å². The Morgan fingerprint density at radius 1 is 1.39 bits per heavy atom. The molecule has 0 unspecified atom stereocenters. The molecule has 7 nitrogen and oxygen atoms in total. The Hall–Kier alpha value is -1.74. The first-order valence-corrected chi connectivity index (χ1v) is 9.12. The lowest BCUT2D eigenvalue weighted by atomic mass is 10.1. The molecule has 0 saturated carbocycles. The third-order valence-corrected chi connectivity index (χ3v) is 5.90. The predicted octanol–water partition coefficient (Wildman–Crippen LogP) is 2.35. The van der Waals surface area contributed by atoms with E-state index in [2.05, 4.69) is 5.32 Å². The van der Waals surface area contributed by atoms with Crippen LogP contribution in [-0.2, 0) is 10.0 Å². The number of anilines is 1. The standard InChI is InChI=1S/C14H20FN3O4S/c1-2-9-23(21,22)17-7-5-12(6-8-17)16-13-10-11(15)3-4-14(13)18(19)20/h3-4,10,12,16H,2,5-9H2,1H3. The zero-order valence-electron chi connectivity index (χ0n) is 12.9. The van der Waals surface area contributed by atoms with E-state index in [0.29, 0.717) is 32.4 Å². The SMILES string of the molecule is CCCS(=O)(=O)N1CCC(Nc2cc(F)ccc2[N+](=O)[O-])CC1. The van der Waals surface area contributed by atoms with E-state index in [-0.39, 0.29) is 23.2 Å². The Bertz CT molecular complexity index is 673. The lowest BCUT2D eigenvalue weighted by Gasteiger charge is -2.32. The fraction of sp³-hybridized carbons (Fsp3) is 0.571. The lowest BCUT2D eigenvalue weighted by molar-refractivity contribution is -0.384. The van der Waals surface area contributed by atoms with E-state index in [1.54, 1.807) is 0 Å². The number of nitro groups is 1. The number of halogens is 1. The van der Waals surface area contributed by atoms with Crippen molar-refractivity contribution in [1.29, 1.82) is 0 Å². The van der Waals surface area contributed by atoms with Gasteiger partial charge in [0.25, 0.3) is 5.69 Å². The first-order valence-electron chi connectivity index (χ1n) is 7.52. The molecule has 0 bridgehead atoms. The molecule has 0 atom stereocenters. The Balaban J connectivity index is 2.02. The van der Waals surface area contributed by atoms with Crippen molar-refractivity contribution in [3.63, 3.8) is 0 Å². The van der Waals surface area contributed by atoms with Crippen LogP contribution in [0, 0.1) is 15.9 Å². The number of sulfonamides is 1. The van der Waals surface area contributed by atoms with Crippen molar-refractivity contribution < 1.29 is 17.7 Å². The second-order valence-electron chi connectivity index (χ2n) is 5.55. The molecule has 0 amide bonds. The molecule has 0 radical (unpaired) electrons. The van der Waals surface area contributed by atoms with E-state index in [1.807, 2.05) is 6.92 Å². The zero-order valence-corrected chi connectivity index (χ0v) is 13.7. The maximum Gasteiger partial charge on any atom is 0.292 e. The van der Waals surface area contributed by atoms with Gasteiger partial charge in [-0.05, 0) is 25.3 Å². The maximum atomic E-state index is 13.3. The molecular formula is C14H20FN3O4S. The topological polar surface area (TPSA) is 92.6 Å². The molecule has 1 aromatic rings. The first-order chi connectivity index (χ1) is 10.8. The Morgan fingerprint density at radius 2 is 2.04 bits per heavy atom. The minimum Gasteiger partial charge on any atom is -0.377 e. The molecule has 0 spiro atoms. The largest absolute Gasteiger partial charge is 0.377 e. The van der Waals surface area contributed by atoms with Gasteiger partial charge >= 0.3 is 0 Å². The second-order valence-corrected chi connectivity index (χ2v) is 7.64. The van der Waals surface area contributed by atoms with Crippen LogP contribution < -0.4 is 5.32 Å². The summed E-state index contributed by atoms with van der Waals surface area (Å²) < 4.78 is 38.8. The van der Waals surface area contributed by atoms with Crippen molar-refractivity contribution in [2.75, 3.05) is 24.2 Å². The van der Waals surface area contributed by atoms with E-state index in [9.17, 15) is 22.9 Å². The number of nitrogens with zero attached hydrogens (tertiary/aromatic N) is 2. The number of piperidine rings is 1. The molecule has 0 aliphatic carbocycles. The lowest BCUT2D eigenvalue weighted by Crippen LogP contribution is -2.43. The maximum absolute atomic E-state index is 13.3. The van der Waals surface area contributed by atoms with Crippen LogP contribution >= 0.6 is 0 Å². The summed E-state index contributed by atoms with van der Waals surface area (Å²) in [5.74, 6) is -0.429. The van der Waals surface area contributed by atoms with E-state index in [4.69, 9.17) is 0 Å². The van der Waals surface area contributed by atoms with Gasteiger partial charge in [0.05, 0.1) is 10.7 Å². The van der Waals surface area contributed by atoms with Crippen LogP contribution in [0.4, 0.5) is 15.8 Å². The molecule has 128 valence electrons. The summed E-state index contributed by atoms with van der Waals surface area (Å²) in [4.78, 5) is 10.4. The summed E-state index contributed by atoms with van der Waals surface area (Å²) in [6, 6.07) is 3.14. The van der Waals surface area contributed by atoms with Gasteiger partial charge in [-0.1, -0.05) is 6.92 Å². The molecule has 1 saturated heterocycles. The molecular weight excluding hydrogens is 325 g/mol. The molecule has 1 N–H and O–H groups in total. The van der Waals surface area contributed by atoms with Gasteiger partial charge in [-0.15, -0.1) is 0 Å². The predicted molar refractivity (Wildman–Crippen MR) is 85.3 cm³/mol. The van der Waals surface area contributed by atoms with E-state index in [1.165, 1.54) is 4.31 Å². The van der Waals surface area contributed by atoms with E-state index < -0.39 is 20.8 Å². The number of hydrogen-bond acceptors (Lipinski definition) is 5. The summed E-state index contributed by atoms with van der Waals surface area (Å²) in [7, 11) is -3.22. The highest BCUT2D eigenvalue weighted by molar-refractivity contribution is 7.89. The van der Waals surface area contributed by atoms with Crippen LogP contribution in [0.25, 0.3) is 0 Å². The van der Waals surface area contributed by atoms with Crippen LogP contribution in [0.5, 0.6) is 0 Å². The van der Waals surface area contributed by atoms with Gasteiger partial charge in [0, 0.05) is 31.3 Å². The molecule has 1 fully saturated rings. The van der Waals surface area contributed by atoms with Crippen molar-refractivity contribution >= 4 is 21.4 Å². The molecule has 9 heteroatoms. The van der Waals surface area contributed by atoms with Crippen LogP contribution in [0.2, 0.25) is 0 Å². The van der Waals surface area contributed by atoms with Crippen molar-refractivity contribution in [3.8, 4) is 0 Å². The normalized spacial score (nSPS) is 17.1. The smallest absolute Gasteiger partial charge is 0.292 e. The van der Waals surface area contributed by atoms with Crippen molar-refractivity contribution in [3.05, 3.63) is 34.1 Å². The average Bonchev–Trinajstić information content (AvgIpc) is 2.47. The van der Waals surface area contributed by atoms with Crippen LogP contribution in [0.3, 0.4) is 0 Å². The average molecular weight is 345 g/mol. The van der Waals surface area contributed by atoms with Crippen molar-refractivity contribution in [2.45, 2.75) is 32.2 Å². The van der Waals surface area contributed by atoms with Gasteiger partial charge < -0.3 is 5.32 Å². The van der Waals surface area contributed by atoms with E-state index in [0.717, 1.165) is 18.2 Å². The zero-order chi connectivity index (χ0) is 17.0. The number of benzene rings is 1. The molecule has 1 aromatic carbocycles. The molecule has 2 rings (SSSR count). The number of hydrogen-bond donors (Lipinski definition) is 1. The van der Waals surface area contributed by atoms with Crippen LogP contribution in [0.1, 0.15) is 26.2 Å². The summed E-state index contributed by atoms with van der Waals surface area (Å²) in [5.41, 5.74) is -0.0581. The highest BCUT2D eigenvalue weighted by Gasteiger charge is 2.28. The van der Waals surface area contributed by atoms with Crippen LogP contribution in [-0.4, -0.2) is 42.5 Å². The molecule has 1 aliphatic rings. The fourth-order valence-corrected chi connectivity index (χ4v) is 4.21. The first kappa shape index (κ1) is 17.6. The van der Waals surface area contributed by atoms with Crippen molar-refractivity contribution in [1.82, 2.24) is 4.31 Å². The summed E-state index contributed by atoms with van der Waals surface area (Å²) in [5, 5.41) is 14.0.